The van der Waals surface area contributed by atoms with Crippen molar-refractivity contribution in [2.45, 2.75) is 38.8 Å². The Balaban J connectivity index is 2.33. The van der Waals surface area contributed by atoms with Gasteiger partial charge in [-0.15, -0.1) is 0 Å². The fourth-order valence-electron chi connectivity index (χ4n) is 1.66. The molecular weight excluding hydrogens is 268 g/mol. The van der Waals surface area contributed by atoms with Crippen molar-refractivity contribution in [3.63, 3.8) is 0 Å². The normalized spacial score (nSPS) is 19.7. The Hall–Kier alpha value is -1.01. The Kier molecular flexibility index (Phi) is 5.88. The number of likely N-dealkylation sites (tertiary alicyclic amines) is 1. The topological polar surface area (TPSA) is 79.9 Å². The lowest BCUT2D eigenvalue weighted by atomic mass is 10.2. The average molecular weight is 289 g/mol. The van der Waals surface area contributed by atoms with E-state index in [1.165, 1.54) is 0 Å². The van der Waals surface area contributed by atoms with Gasteiger partial charge in [-0.25, -0.2) is 9.59 Å². The molecule has 0 radical (unpaired) electrons. The second-order valence-electron chi connectivity index (χ2n) is 5.30. The largest absolute Gasteiger partial charge is 0.444 e. The second kappa shape index (κ2) is 6.96. The molecule has 0 saturated carbocycles. The summed E-state index contributed by atoms with van der Waals surface area (Å²) in [6.07, 6.45) is -0.109. The highest BCUT2D eigenvalue weighted by Gasteiger charge is 2.30. The Labute approximate surface area is 116 Å². The van der Waals surface area contributed by atoms with Crippen LogP contribution in [0.3, 0.4) is 0 Å². The quantitative estimate of drug-likeness (QED) is 0.579. The number of carbonyl (C=O) groups excluding carboxylic acids is 2. The molecule has 1 fully saturated rings. The van der Waals surface area contributed by atoms with Crippen LogP contribution in [-0.4, -0.2) is 49.8 Å². The first-order valence-electron chi connectivity index (χ1n) is 6.19. The third-order valence-electron chi connectivity index (χ3n) is 2.41. The van der Waals surface area contributed by atoms with Crippen LogP contribution < -0.4 is 10.3 Å². The van der Waals surface area contributed by atoms with Crippen molar-refractivity contribution >= 4 is 29.1 Å². The molecule has 0 spiro atoms. The first-order chi connectivity index (χ1) is 8.81. The van der Waals surface area contributed by atoms with E-state index in [0.717, 1.165) is 0 Å². The van der Waals surface area contributed by atoms with E-state index in [0.29, 0.717) is 19.5 Å². The van der Waals surface area contributed by atoms with Gasteiger partial charge in [0, 0.05) is 13.1 Å². The minimum absolute atomic E-state index is 0.0677. The predicted octanol–water partition coefficient (Wildman–Crippen LogP) is 0.368. The summed E-state index contributed by atoms with van der Waals surface area (Å²) in [7, 11) is 1.63. The van der Waals surface area contributed by atoms with E-state index in [4.69, 9.17) is 9.26 Å². The third-order valence-corrected chi connectivity index (χ3v) is 2.90. The van der Waals surface area contributed by atoms with E-state index in [-0.39, 0.29) is 21.1 Å². The van der Waals surface area contributed by atoms with Crippen LogP contribution in [0.25, 0.3) is 0 Å². The number of ether oxygens (including phenoxy) is 1. The van der Waals surface area contributed by atoms with Gasteiger partial charge in [-0.05, 0) is 27.2 Å². The third kappa shape index (κ3) is 6.12. The molecular formula is C10H21BN3O4P. The molecule has 0 aromatic heterocycles. The number of carbonyl (C=O) groups is 2. The van der Waals surface area contributed by atoms with E-state index in [1.807, 2.05) is 20.8 Å². The monoisotopic (exact) mass is 289 g/mol. The van der Waals surface area contributed by atoms with Crippen molar-refractivity contribution in [1.29, 1.82) is 0 Å². The average Bonchev–Trinajstić information content (AvgIpc) is 2.72. The molecule has 1 aliphatic rings. The van der Waals surface area contributed by atoms with Gasteiger partial charge >= 0.3 is 12.2 Å². The summed E-state index contributed by atoms with van der Waals surface area (Å²) in [6, 6.07) is -0.0818. The van der Waals surface area contributed by atoms with Crippen LogP contribution in [0.4, 0.5) is 9.59 Å². The molecule has 1 saturated heterocycles. The highest BCUT2D eigenvalue weighted by molar-refractivity contribution is 7.32. The van der Waals surface area contributed by atoms with Gasteiger partial charge in [-0.1, -0.05) is 0 Å². The lowest BCUT2D eigenvalue weighted by Gasteiger charge is -2.24. The molecule has 1 heterocycles. The number of hydrogen-bond donors (Lipinski definition) is 2. The van der Waals surface area contributed by atoms with Crippen LogP contribution in [0.5, 0.6) is 0 Å². The van der Waals surface area contributed by atoms with Crippen molar-refractivity contribution < 1.29 is 18.8 Å². The zero-order chi connectivity index (χ0) is 14.5. The molecule has 2 N–H and O–H groups in total. The summed E-state index contributed by atoms with van der Waals surface area (Å²) in [5, 5.41) is 2.72. The number of amides is 2. The number of hydrogen-bond acceptors (Lipinski definition) is 5. The van der Waals surface area contributed by atoms with Crippen molar-refractivity contribution in [3.05, 3.63) is 0 Å². The maximum absolute atomic E-state index is 11.8. The fraction of sp³-hybridized carbons (Fsp3) is 0.800. The smallest absolute Gasteiger partial charge is 0.411 e. The van der Waals surface area contributed by atoms with Crippen LogP contribution in [0.15, 0.2) is 0 Å². The van der Waals surface area contributed by atoms with Crippen molar-refractivity contribution in [2.75, 3.05) is 13.1 Å². The van der Waals surface area contributed by atoms with Crippen LogP contribution in [0, 0.1) is 0 Å². The van der Waals surface area contributed by atoms with Gasteiger partial charge in [0.15, 0.2) is 7.98 Å². The maximum Gasteiger partial charge on any atom is 0.411 e. The van der Waals surface area contributed by atoms with Gasteiger partial charge in [0.25, 0.3) is 0 Å². The predicted molar refractivity (Wildman–Crippen MR) is 75.8 cm³/mol. The lowest BCUT2D eigenvalue weighted by molar-refractivity contribution is 0.0290. The first kappa shape index (κ1) is 16.1. The number of nitrogens with zero attached hydrogens (tertiary/aromatic N) is 1. The Morgan fingerprint density at radius 2 is 2.11 bits per heavy atom. The zero-order valence-electron chi connectivity index (χ0n) is 11.8. The molecule has 0 aromatic rings. The Morgan fingerprint density at radius 3 is 2.68 bits per heavy atom. The molecule has 1 unspecified atom stereocenters. The van der Waals surface area contributed by atoms with E-state index in [1.54, 1.807) is 12.9 Å². The summed E-state index contributed by atoms with van der Waals surface area (Å²) in [4.78, 5) is 27.5. The summed E-state index contributed by atoms with van der Waals surface area (Å²) in [6.45, 7) is 6.51. The Morgan fingerprint density at radius 1 is 1.42 bits per heavy atom. The zero-order valence-corrected chi connectivity index (χ0v) is 12.8. The van der Waals surface area contributed by atoms with Crippen molar-refractivity contribution in [3.8, 4) is 0 Å². The molecule has 2 atom stereocenters. The van der Waals surface area contributed by atoms with Crippen LogP contribution in [-0.2, 0) is 9.26 Å². The molecule has 0 aromatic carbocycles. The van der Waals surface area contributed by atoms with Gasteiger partial charge < -0.3 is 24.5 Å². The second-order valence-corrected chi connectivity index (χ2v) is 6.21. The van der Waals surface area contributed by atoms with Crippen LogP contribution in [0.1, 0.15) is 27.2 Å². The highest BCUT2D eigenvalue weighted by Crippen LogP contribution is 2.15. The van der Waals surface area contributed by atoms with Gasteiger partial charge in [0.1, 0.15) is 14.6 Å². The van der Waals surface area contributed by atoms with Gasteiger partial charge in [0.05, 0.1) is 6.04 Å². The molecule has 0 bridgehead atoms. The van der Waals surface area contributed by atoms with E-state index in [2.05, 4.69) is 10.3 Å². The molecule has 19 heavy (non-hydrogen) atoms. The fourth-order valence-corrected chi connectivity index (χ4v) is 1.92. The summed E-state index contributed by atoms with van der Waals surface area (Å²) in [5.41, 5.74) is -0.505. The molecule has 7 nitrogen and oxygen atoms in total. The number of rotatable bonds is 3. The van der Waals surface area contributed by atoms with Gasteiger partial charge in [0.2, 0.25) is 0 Å². The molecule has 0 aliphatic carbocycles. The Bertz CT molecular complexity index is 337. The summed E-state index contributed by atoms with van der Waals surface area (Å²) >= 11 is 0. The lowest BCUT2D eigenvalue weighted by Crippen LogP contribution is -2.40. The van der Waals surface area contributed by atoms with E-state index >= 15 is 0 Å². The van der Waals surface area contributed by atoms with E-state index < -0.39 is 11.7 Å². The molecule has 2 amide bonds. The standard InChI is InChI=1S/C10H21BN3O4P/c1-10(2,3)17-9(16)14-5-4-7(6-14)12-8(15)18-19-13-11/h7,13,19H,4-6,11H2,1-3H3,(H,12,15)/t7-/m0/s1. The summed E-state index contributed by atoms with van der Waals surface area (Å²) in [5.74, 6) is 0. The molecule has 1 rings (SSSR count). The molecule has 1 aliphatic heterocycles. The first-order valence-corrected chi connectivity index (χ1v) is 7.09. The highest BCUT2D eigenvalue weighted by atomic mass is 31.1. The van der Waals surface area contributed by atoms with Crippen molar-refractivity contribution in [2.24, 2.45) is 0 Å². The van der Waals surface area contributed by atoms with Gasteiger partial charge in [-0.2, -0.15) is 0 Å². The van der Waals surface area contributed by atoms with Gasteiger partial charge in [-0.3, -0.25) is 0 Å². The minimum atomic E-state index is -0.505. The molecule has 108 valence electrons. The summed E-state index contributed by atoms with van der Waals surface area (Å²) < 4.78 is 10.1. The van der Waals surface area contributed by atoms with Crippen LogP contribution >= 0.6 is 8.96 Å². The number of nitrogens with one attached hydrogen (secondary N) is 2. The molecule has 9 heteroatoms. The van der Waals surface area contributed by atoms with Crippen LogP contribution in [0.2, 0.25) is 0 Å². The van der Waals surface area contributed by atoms with E-state index in [9.17, 15) is 9.59 Å². The van der Waals surface area contributed by atoms with Crippen molar-refractivity contribution in [1.82, 2.24) is 15.2 Å². The SMILES string of the molecule is BNPOC(=O)N[C@H]1CCN(C(=O)OC(C)(C)C)C1. The minimum Gasteiger partial charge on any atom is -0.444 e. The maximum atomic E-state index is 11.8.